The van der Waals surface area contributed by atoms with E-state index in [1.165, 1.54) is 32.1 Å². The van der Waals surface area contributed by atoms with Crippen molar-refractivity contribution in [3.05, 3.63) is 0 Å². The zero-order valence-electron chi connectivity index (χ0n) is 11.0. The molecule has 2 N–H and O–H groups in total. The summed E-state index contributed by atoms with van der Waals surface area (Å²) in [6.45, 7) is 4.12. The van der Waals surface area contributed by atoms with Crippen LogP contribution in [0.25, 0.3) is 0 Å². The van der Waals surface area contributed by atoms with E-state index in [1.54, 1.807) is 0 Å². The number of amides is 1. The Kier molecular flexibility index (Phi) is 4.84. The summed E-state index contributed by atoms with van der Waals surface area (Å²) in [5.74, 6) is 1.19. The predicted molar refractivity (Wildman–Crippen MR) is 69.8 cm³/mol. The highest BCUT2D eigenvalue weighted by Crippen LogP contribution is 2.26. The molecule has 1 aliphatic carbocycles. The largest absolute Gasteiger partial charge is 0.353 e. The van der Waals surface area contributed by atoms with Crippen LogP contribution in [0.5, 0.6) is 0 Å². The maximum Gasteiger partial charge on any atom is 0.224 e. The fourth-order valence-electron chi connectivity index (χ4n) is 3.17. The van der Waals surface area contributed by atoms with Crippen molar-refractivity contribution in [2.45, 2.75) is 57.9 Å². The highest BCUT2D eigenvalue weighted by molar-refractivity contribution is 5.79. The Labute approximate surface area is 105 Å². The Bertz CT molecular complexity index is 243. The third-order valence-corrected chi connectivity index (χ3v) is 4.39. The van der Waals surface area contributed by atoms with Gasteiger partial charge in [0.15, 0.2) is 0 Å². The SMILES string of the molecule is C[C@H](NC(=O)C1CCCNC1)C1CCCCC1. The Balaban J connectivity index is 1.76. The molecule has 1 saturated heterocycles. The third kappa shape index (κ3) is 3.70. The van der Waals surface area contributed by atoms with Gasteiger partial charge in [-0.3, -0.25) is 4.79 Å². The lowest BCUT2D eigenvalue weighted by Gasteiger charge is -2.30. The van der Waals surface area contributed by atoms with Crippen LogP contribution in [-0.2, 0) is 4.79 Å². The second kappa shape index (κ2) is 6.39. The van der Waals surface area contributed by atoms with Gasteiger partial charge in [0, 0.05) is 12.6 Å². The normalized spacial score (nSPS) is 28.6. The molecule has 1 unspecified atom stereocenters. The summed E-state index contributed by atoms with van der Waals surface area (Å²) < 4.78 is 0. The van der Waals surface area contributed by atoms with Crippen LogP contribution in [0.4, 0.5) is 0 Å². The van der Waals surface area contributed by atoms with E-state index in [0.29, 0.717) is 12.0 Å². The van der Waals surface area contributed by atoms with E-state index in [-0.39, 0.29) is 11.8 Å². The molecule has 1 amide bonds. The summed E-state index contributed by atoms with van der Waals surface area (Å²) in [6, 6.07) is 0.365. The van der Waals surface area contributed by atoms with Crippen LogP contribution in [0, 0.1) is 11.8 Å². The van der Waals surface area contributed by atoms with E-state index < -0.39 is 0 Å². The van der Waals surface area contributed by atoms with Crippen LogP contribution >= 0.6 is 0 Å². The summed E-state index contributed by atoms with van der Waals surface area (Å²) in [5.41, 5.74) is 0. The summed E-state index contributed by atoms with van der Waals surface area (Å²) in [5, 5.41) is 6.55. The van der Waals surface area contributed by atoms with Crippen molar-refractivity contribution in [1.29, 1.82) is 0 Å². The first-order chi connectivity index (χ1) is 8.27. The molecule has 1 saturated carbocycles. The number of carbonyl (C=O) groups excluding carboxylic acids is 1. The van der Waals surface area contributed by atoms with E-state index in [1.807, 2.05) is 0 Å². The number of rotatable bonds is 3. The molecule has 1 heterocycles. The number of nitrogens with one attached hydrogen (secondary N) is 2. The van der Waals surface area contributed by atoms with Crippen LogP contribution in [0.3, 0.4) is 0 Å². The van der Waals surface area contributed by atoms with Crippen molar-refractivity contribution in [3.63, 3.8) is 0 Å². The first-order valence-corrected chi connectivity index (χ1v) is 7.28. The molecule has 0 aromatic carbocycles. The molecule has 0 spiro atoms. The molecule has 2 rings (SSSR count). The van der Waals surface area contributed by atoms with E-state index >= 15 is 0 Å². The van der Waals surface area contributed by atoms with Crippen molar-refractivity contribution in [2.24, 2.45) is 11.8 Å². The van der Waals surface area contributed by atoms with Crippen molar-refractivity contribution in [1.82, 2.24) is 10.6 Å². The Hall–Kier alpha value is -0.570. The van der Waals surface area contributed by atoms with Gasteiger partial charge in [-0.1, -0.05) is 19.3 Å². The van der Waals surface area contributed by atoms with E-state index in [9.17, 15) is 4.79 Å². The van der Waals surface area contributed by atoms with Gasteiger partial charge in [-0.25, -0.2) is 0 Å². The lowest BCUT2D eigenvalue weighted by Crippen LogP contribution is -2.46. The Morgan fingerprint density at radius 3 is 2.59 bits per heavy atom. The molecule has 3 heteroatoms. The Morgan fingerprint density at radius 2 is 1.94 bits per heavy atom. The third-order valence-electron chi connectivity index (χ3n) is 4.39. The maximum absolute atomic E-state index is 12.1. The fourth-order valence-corrected chi connectivity index (χ4v) is 3.17. The molecule has 1 aliphatic heterocycles. The average molecular weight is 238 g/mol. The van der Waals surface area contributed by atoms with E-state index in [4.69, 9.17) is 0 Å². The van der Waals surface area contributed by atoms with Crippen molar-refractivity contribution in [2.75, 3.05) is 13.1 Å². The minimum atomic E-state index is 0.204. The van der Waals surface area contributed by atoms with E-state index in [2.05, 4.69) is 17.6 Å². The molecule has 0 radical (unpaired) electrons. The smallest absolute Gasteiger partial charge is 0.224 e. The van der Waals surface area contributed by atoms with Gasteiger partial charge in [-0.15, -0.1) is 0 Å². The van der Waals surface area contributed by atoms with Gasteiger partial charge in [-0.05, 0) is 45.1 Å². The zero-order valence-corrected chi connectivity index (χ0v) is 11.0. The molecule has 17 heavy (non-hydrogen) atoms. The Morgan fingerprint density at radius 1 is 1.18 bits per heavy atom. The number of carbonyl (C=O) groups is 1. The molecule has 3 nitrogen and oxygen atoms in total. The monoisotopic (exact) mass is 238 g/mol. The van der Waals surface area contributed by atoms with Gasteiger partial charge in [0.2, 0.25) is 5.91 Å². The van der Waals surface area contributed by atoms with Crippen LogP contribution in [-0.4, -0.2) is 25.0 Å². The van der Waals surface area contributed by atoms with Crippen molar-refractivity contribution in [3.8, 4) is 0 Å². The number of hydrogen-bond acceptors (Lipinski definition) is 2. The number of hydrogen-bond donors (Lipinski definition) is 2. The second-order valence-electron chi connectivity index (χ2n) is 5.74. The molecular weight excluding hydrogens is 212 g/mol. The fraction of sp³-hybridized carbons (Fsp3) is 0.929. The number of piperidine rings is 1. The first kappa shape index (κ1) is 12.9. The zero-order chi connectivity index (χ0) is 12.1. The van der Waals surface area contributed by atoms with Gasteiger partial charge >= 0.3 is 0 Å². The molecule has 2 fully saturated rings. The molecule has 0 aromatic heterocycles. The predicted octanol–water partition coefficient (Wildman–Crippen LogP) is 2.07. The topological polar surface area (TPSA) is 41.1 Å². The summed E-state index contributed by atoms with van der Waals surface area (Å²) in [6.07, 6.45) is 8.84. The van der Waals surface area contributed by atoms with Gasteiger partial charge in [0.25, 0.3) is 0 Å². The highest BCUT2D eigenvalue weighted by atomic mass is 16.2. The minimum absolute atomic E-state index is 0.204. The van der Waals surface area contributed by atoms with Crippen LogP contribution in [0.2, 0.25) is 0 Å². The molecule has 2 aliphatic rings. The molecule has 0 aromatic rings. The molecule has 0 bridgehead atoms. The molecule has 98 valence electrons. The van der Waals surface area contributed by atoms with Crippen molar-refractivity contribution < 1.29 is 4.79 Å². The van der Waals surface area contributed by atoms with Crippen LogP contribution in [0.1, 0.15) is 51.9 Å². The highest BCUT2D eigenvalue weighted by Gasteiger charge is 2.25. The van der Waals surface area contributed by atoms with Gasteiger partial charge in [0.05, 0.1) is 5.92 Å². The standard InChI is InChI=1S/C14H26N2O/c1-11(12-6-3-2-4-7-12)16-14(17)13-8-5-9-15-10-13/h11-13,15H,2-10H2,1H3,(H,16,17)/t11-,13?/m0/s1. The minimum Gasteiger partial charge on any atom is -0.353 e. The van der Waals surface area contributed by atoms with Gasteiger partial charge in [0.1, 0.15) is 0 Å². The van der Waals surface area contributed by atoms with Crippen molar-refractivity contribution >= 4 is 5.91 Å². The van der Waals surface area contributed by atoms with Crippen LogP contribution < -0.4 is 10.6 Å². The quantitative estimate of drug-likeness (QED) is 0.790. The lowest BCUT2D eigenvalue weighted by molar-refractivity contribution is -0.126. The first-order valence-electron chi connectivity index (χ1n) is 7.28. The summed E-state index contributed by atoms with van der Waals surface area (Å²) >= 11 is 0. The molecule has 2 atom stereocenters. The van der Waals surface area contributed by atoms with Gasteiger partial charge < -0.3 is 10.6 Å². The molecular formula is C14H26N2O. The van der Waals surface area contributed by atoms with Gasteiger partial charge in [-0.2, -0.15) is 0 Å². The summed E-state index contributed by atoms with van der Waals surface area (Å²) in [7, 11) is 0. The average Bonchev–Trinajstić information content (AvgIpc) is 2.40. The lowest BCUT2D eigenvalue weighted by atomic mass is 9.84. The van der Waals surface area contributed by atoms with E-state index in [0.717, 1.165) is 25.9 Å². The van der Waals surface area contributed by atoms with Crippen LogP contribution in [0.15, 0.2) is 0 Å². The maximum atomic E-state index is 12.1. The summed E-state index contributed by atoms with van der Waals surface area (Å²) in [4.78, 5) is 12.1. The second-order valence-corrected chi connectivity index (χ2v) is 5.74.